The van der Waals surface area contributed by atoms with Crippen LogP contribution in [0.5, 0.6) is 0 Å². The van der Waals surface area contributed by atoms with Gasteiger partial charge >= 0.3 is 11.9 Å². The van der Waals surface area contributed by atoms with Crippen LogP contribution in [0.25, 0.3) is 0 Å². The van der Waals surface area contributed by atoms with Crippen LogP contribution in [0.15, 0.2) is 48.5 Å². The zero-order valence-electron chi connectivity index (χ0n) is 16.2. The lowest BCUT2D eigenvalue weighted by Gasteiger charge is -2.50. The fraction of sp³-hybridized carbons (Fsp3) is 0.333. The molecule has 8 nitrogen and oxygen atoms in total. The maximum Gasteiger partial charge on any atom is 0.329 e. The molecule has 0 unspecified atom stereocenters. The minimum absolute atomic E-state index is 0.0539. The Morgan fingerprint density at radius 1 is 1.07 bits per heavy atom. The van der Waals surface area contributed by atoms with Crippen molar-refractivity contribution in [1.29, 1.82) is 0 Å². The van der Waals surface area contributed by atoms with E-state index in [0.717, 1.165) is 5.56 Å². The summed E-state index contributed by atoms with van der Waals surface area (Å²) in [5, 5.41) is 11.2. The fourth-order valence-corrected chi connectivity index (χ4v) is 4.28. The van der Waals surface area contributed by atoms with Gasteiger partial charge in [-0.1, -0.05) is 30.3 Å². The number of ether oxygens (including phenoxy) is 2. The maximum atomic E-state index is 13.3. The number of rotatable bonds is 2. The average molecular weight is 396 g/mol. The van der Waals surface area contributed by atoms with Crippen molar-refractivity contribution >= 4 is 23.3 Å². The first-order valence-electron chi connectivity index (χ1n) is 9.18. The van der Waals surface area contributed by atoms with Crippen molar-refractivity contribution in [3.05, 3.63) is 69.8 Å². The van der Waals surface area contributed by atoms with Gasteiger partial charge in [-0.2, -0.15) is 0 Å². The molecule has 1 spiro atoms. The molecule has 1 saturated heterocycles. The van der Waals surface area contributed by atoms with Gasteiger partial charge in [0, 0.05) is 45.1 Å². The third-order valence-corrected chi connectivity index (χ3v) is 5.50. The lowest BCUT2D eigenvalue weighted by atomic mass is 9.68. The van der Waals surface area contributed by atoms with Crippen molar-refractivity contribution in [1.82, 2.24) is 0 Å². The largest absolute Gasteiger partial charge is 0.422 e. The van der Waals surface area contributed by atoms with Gasteiger partial charge in [-0.05, 0) is 17.2 Å². The molecule has 4 rings (SSSR count). The molecular formula is C21H20N2O6. The first kappa shape index (κ1) is 18.9. The number of carbonyl (C=O) groups excluding carboxylic acids is 2. The van der Waals surface area contributed by atoms with Gasteiger partial charge in [0.25, 0.3) is 11.5 Å². The minimum Gasteiger partial charge on any atom is -0.422 e. The van der Waals surface area contributed by atoms with E-state index in [2.05, 4.69) is 0 Å². The highest BCUT2D eigenvalue weighted by atomic mass is 16.7. The van der Waals surface area contributed by atoms with Gasteiger partial charge in [-0.25, -0.2) is 0 Å². The van der Waals surface area contributed by atoms with E-state index in [-0.39, 0.29) is 12.1 Å². The van der Waals surface area contributed by atoms with Crippen molar-refractivity contribution in [3.63, 3.8) is 0 Å². The molecule has 0 saturated carbocycles. The Hall–Kier alpha value is -3.42. The van der Waals surface area contributed by atoms with Crippen LogP contribution >= 0.6 is 0 Å². The summed E-state index contributed by atoms with van der Waals surface area (Å²) in [5.74, 6) is -2.77. The molecule has 0 bridgehead atoms. The molecule has 2 aliphatic rings. The van der Waals surface area contributed by atoms with Crippen LogP contribution in [-0.2, 0) is 25.5 Å². The summed E-state index contributed by atoms with van der Waals surface area (Å²) in [6, 6.07) is 12.9. The Morgan fingerprint density at radius 3 is 2.28 bits per heavy atom. The van der Waals surface area contributed by atoms with Crippen molar-refractivity contribution in [3.8, 4) is 0 Å². The minimum atomic E-state index is -1.67. The molecule has 1 fully saturated rings. The quantitative estimate of drug-likeness (QED) is 0.333. The number of hydrogen-bond acceptors (Lipinski definition) is 7. The molecule has 0 amide bonds. The van der Waals surface area contributed by atoms with Crippen molar-refractivity contribution in [2.75, 3.05) is 11.9 Å². The van der Waals surface area contributed by atoms with Crippen LogP contribution in [0.1, 0.15) is 31.0 Å². The monoisotopic (exact) mass is 396 g/mol. The third kappa shape index (κ3) is 2.83. The number of hydrogen-bond donors (Lipinski definition) is 0. The fourth-order valence-electron chi connectivity index (χ4n) is 4.28. The van der Waals surface area contributed by atoms with Gasteiger partial charge in [-0.3, -0.25) is 19.7 Å². The molecular weight excluding hydrogens is 376 g/mol. The number of fused-ring (bicyclic) bond motifs is 1. The van der Waals surface area contributed by atoms with E-state index < -0.39 is 34.1 Å². The van der Waals surface area contributed by atoms with Crippen LogP contribution in [0.4, 0.5) is 11.4 Å². The van der Waals surface area contributed by atoms with E-state index in [1.54, 1.807) is 18.0 Å². The summed E-state index contributed by atoms with van der Waals surface area (Å²) in [5.41, 5.74) is 0.187. The molecule has 0 radical (unpaired) electrons. The molecule has 150 valence electrons. The first-order valence-corrected chi connectivity index (χ1v) is 9.18. The summed E-state index contributed by atoms with van der Waals surface area (Å²) < 4.78 is 11.0. The van der Waals surface area contributed by atoms with E-state index in [1.165, 1.54) is 26.0 Å². The highest BCUT2D eigenvalue weighted by Crippen LogP contribution is 2.53. The molecule has 0 aromatic heterocycles. The Labute approximate surface area is 167 Å². The predicted molar refractivity (Wildman–Crippen MR) is 103 cm³/mol. The number of cyclic esters (lactones) is 2. The maximum absolute atomic E-state index is 13.3. The SMILES string of the molecule is CN1c2ccc([N+](=O)[O-])cc2CC2(C(=O)OC(C)(C)OC2=O)[C@H]1c1ccccc1. The summed E-state index contributed by atoms with van der Waals surface area (Å²) in [7, 11) is 1.75. The summed E-state index contributed by atoms with van der Waals surface area (Å²) in [6.07, 6.45) is -0.0539. The second-order valence-electron chi connectivity index (χ2n) is 7.82. The normalized spacial score (nSPS) is 21.9. The van der Waals surface area contributed by atoms with Gasteiger partial charge in [0.05, 0.1) is 11.0 Å². The van der Waals surface area contributed by atoms with Gasteiger partial charge in [-0.15, -0.1) is 0 Å². The summed E-state index contributed by atoms with van der Waals surface area (Å²) in [4.78, 5) is 39.1. The average Bonchev–Trinajstić information content (AvgIpc) is 2.66. The van der Waals surface area contributed by atoms with E-state index in [9.17, 15) is 19.7 Å². The number of esters is 2. The van der Waals surface area contributed by atoms with E-state index in [0.29, 0.717) is 11.3 Å². The van der Waals surface area contributed by atoms with Gasteiger partial charge < -0.3 is 14.4 Å². The Bertz CT molecular complexity index is 997. The lowest BCUT2D eigenvalue weighted by molar-refractivity contribution is -0.384. The van der Waals surface area contributed by atoms with Crippen LogP contribution in [0.2, 0.25) is 0 Å². The number of nitrogens with zero attached hydrogens (tertiary/aromatic N) is 2. The Kier molecular flexibility index (Phi) is 4.11. The molecule has 8 heteroatoms. The number of anilines is 1. The van der Waals surface area contributed by atoms with Crippen LogP contribution < -0.4 is 4.90 Å². The van der Waals surface area contributed by atoms with Crippen molar-refractivity contribution in [2.45, 2.75) is 32.1 Å². The Morgan fingerprint density at radius 2 is 1.69 bits per heavy atom. The predicted octanol–water partition coefficient (Wildman–Crippen LogP) is 3.15. The first-order chi connectivity index (χ1) is 13.7. The van der Waals surface area contributed by atoms with Gasteiger partial charge in [0.15, 0.2) is 5.41 Å². The smallest absolute Gasteiger partial charge is 0.329 e. The molecule has 2 aliphatic heterocycles. The lowest BCUT2D eigenvalue weighted by Crippen LogP contribution is -2.61. The molecule has 29 heavy (non-hydrogen) atoms. The molecule has 0 N–H and O–H groups in total. The van der Waals surface area contributed by atoms with Gasteiger partial charge in [0.2, 0.25) is 0 Å². The summed E-state index contributed by atoms with van der Waals surface area (Å²) in [6.45, 7) is 3.00. The summed E-state index contributed by atoms with van der Waals surface area (Å²) >= 11 is 0. The molecule has 2 heterocycles. The van der Waals surface area contributed by atoms with Crippen LogP contribution in [0.3, 0.4) is 0 Å². The molecule has 2 aromatic rings. The van der Waals surface area contributed by atoms with E-state index in [1.807, 2.05) is 30.3 Å². The van der Waals surface area contributed by atoms with E-state index >= 15 is 0 Å². The standard InChI is InChI=1S/C21H20N2O6/c1-20(2)28-18(24)21(19(25)29-20)12-14-11-15(23(26)27)9-10-16(14)22(3)17(21)13-7-5-4-6-8-13/h4-11,17H,12H2,1-3H3/t17-/m1/s1. The number of benzene rings is 2. The van der Waals surface area contributed by atoms with Crippen LogP contribution in [-0.4, -0.2) is 29.7 Å². The zero-order chi connectivity index (χ0) is 21.0. The number of nitro groups is 1. The second-order valence-corrected chi connectivity index (χ2v) is 7.82. The van der Waals surface area contributed by atoms with E-state index in [4.69, 9.17) is 9.47 Å². The molecule has 1 atom stereocenters. The van der Waals surface area contributed by atoms with Gasteiger partial charge in [0.1, 0.15) is 0 Å². The molecule has 2 aromatic carbocycles. The zero-order valence-corrected chi connectivity index (χ0v) is 16.2. The van der Waals surface area contributed by atoms with Crippen molar-refractivity contribution in [2.24, 2.45) is 5.41 Å². The number of nitro benzene ring substituents is 1. The Balaban J connectivity index is 1.94. The molecule has 0 aliphatic carbocycles. The third-order valence-electron chi connectivity index (χ3n) is 5.50. The highest BCUT2D eigenvalue weighted by molar-refractivity contribution is 6.04. The van der Waals surface area contributed by atoms with Crippen LogP contribution in [0, 0.1) is 15.5 Å². The topological polar surface area (TPSA) is 99.0 Å². The number of carbonyl (C=O) groups is 2. The number of non-ortho nitro benzene ring substituents is 1. The highest BCUT2D eigenvalue weighted by Gasteiger charge is 2.64. The second kappa shape index (κ2) is 6.30. The van der Waals surface area contributed by atoms with Crippen molar-refractivity contribution < 1.29 is 24.0 Å².